The summed E-state index contributed by atoms with van der Waals surface area (Å²) in [7, 11) is -3.69. The van der Waals surface area contributed by atoms with Gasteiger partial charge in [-0.05, 0) is 50.3 Å². The van der Waals surface area contributed by atoms with E-state index in [0.29, 0.717) is 12.3 Å². The van der Waals surface area contributed by atoms with Gasteiger partial charge in [0.2, 0.25) is 10.0 Å². The number of hydrogen-bond acceptors (Lipinski definition) is 5. The number of aliphatic hydroxyl groups is 1. The largest absolute Gasteiger partial charge is 0.392 e. The van der Waals surface area contributed by atoms with Crippen LogP contribution in [0.3, 0.4) is 0 Å². The van der Waals surface area contributed by atoms with Crippen LogP contribution in [0.5, 0.6) is 0 Å². The van der Waals surface area contributed by atoms with Crippen LogP contribution in [0.1, 0.15) is 50.2 Å². The zero-order valence-electron chi connectivity index (χ0n) is 18.9. The van der Waals surface area contributed by atoms with Gasteiger partial charge >= 0.3 is 0 Å². The highest BCUT2D eigenvalue weighted by atomic mass is 32.2. The first-order valence-corrected chi connectivity index (χ1v) is 12.8. The summed E-state index contributed by atoms with van der Waals surface area (Å²) in [6.45, 7) is 4.09. The molecule has 1 aliphatic carbocycles. The number of rotatable bonds is 10. The van der Waals surface area contributed by atoms with Crippen molar-refractivity contribution in [1.82, 2.24) is 4.72 Å². The highest BCUT2D eigenvalue weighted by Crippen LogP contribution is 2.30. The normalized spacial score (nSPS) is 17.7. The lowest BCUT2D eigenvalue weighted by atomic mass is 9.79. The monoisotopic (exact) mass is 458 g/mol. The predicted molar refractivity (Wildman–Crippen MR) is 127 cm³/mol. The second kappa shape index (κ2) is 11.6. The van der Waals surface area contributed by atoms with E-state index in [4.69, 9.17) is 4.84 Å². The molecule has 7 heteroatoms. The van der Waals surface area contributed by atoms with Crippen LogP contribution in [-0.4, -0.2) is 31.9 Å². The van der Waals surface area contributed by atoms with Crippen molar-refractivity contribution < 1.29 is 18.4 Å². The Morgan fingerprint density at radius 1 is 1.09 bits per heavy atom. The predicted octanol–water partition coefficient (Wildman–Crippen LogP) is 4.42. The molecule has 1 aliphatic rings. The fourth-order valence-electron chi connectivity index (χ4n) is 4.17. The maximum absolute atomic E-state index is 12.8. The number of sulfonamides is 1. The van der Waals surface area contributed by atoms with Crippen molar-refractivity contribution in [2.45, 2.75) is 63.6 Å². The molecule has 2 aromatic rings. The highest BCUT2D eigenvalue weighted by Gasteiger charge is 2.32. The smallest absolute Gasteiger partial charge is 0.240 e. The molecule has 1 saturated carbocycles. The van der Waals surface area contributed by atoms with Gasteiger partial charge in [0, 0.05) is 12.5 Å². The van der Waals surface area contributed by atoms with Crippen LogP contribution in [0, 0.1) is 18.8 Å². The quantitative estimate of drug-likeness (QED) is 0.407. The Morgan fingerprint density at radius 2 is 1.75 bits per heavy atom. The third-order valence-corrected chi connectivity index (χ3v) is 7.63. The molecule has 32 heavy (non-hydrogen) atoms. The SMILES string of the molecule is C/C(=N/OCc1ccccc1)[C@H](CNS(=O)(=O)c1ccc(C)cc1)[C@H](O)C1CCCCC1. The number of aryl methyl sites for hydroxylation is 1. The van der Waals surface area contributed by atoms with Gasteiger partial charge in [-0.2, -0.15) is 0 Å². The van der Waals surface area contributed by atoms with Gasteiger partial charge in [-0.1, -0.05) is 72.4 Å². The van der Waals surface area contributed by atoms with Crippen LogP contribution in [-0.2, 0) is 21.5 Å². The standard InChI is InChI=1S/C25H34N2O4S/c1-19-13-15-23(16-14-19)32(29,30)26-17-24(25(28)22-11-7-4-8-12-22)20(2)27-31-18-21-9-5-3-6-10-21/h3,5-6,9-10,13-16,22,24-26,28H,4,7-8,11-12,17-18H2,1-2H3/b27-20-/t24-,25+/m0/s1. The molecule has 0 heterocycles. The third-order valence-electron chi connectivity index (χ3n) is 6.19. The van der Waals surface area contributed by atoms with Crippen molar-refractivity contribution in [2.75, 3.05) is 6.54 Å². The summed E-state index contributed by atoms with van der Waals surface area (Å²) in [5.41, 5.74) is 2.58. The first-order chi connectivity index (χ1) is 15.4. The van der Waals surface area contributed by atoms with Crippen molar-refractivity contribution >= 4 is 15.7 Å². The van der Waals surface area contributed by atoms with Crippen molar-refractivity contribution in [3.05, 3.63) is 65.7 Å². The van der Waals surface area contributed by atoms with Crippen LogP contribution in [0.4, 0.5) is 0 Å². The Kier molecular flexibility index (Phi) is 8.84. The minimum absolute atomic E-state index is 0.0674. The number of aliphatic hydroxyl groups excluding tert-OH is 1. The molecule has 2 atom stereocenters. The summed E-state index contributed by atoms with van der Waals surface area (Å²) in [6.07, 6.45) is 4.57. The van der Waals surface area contributed by atoms with Gasteiger partial charge in [-0.25, -0.2) is 13.1 Å². The maximum atomic E-state index is 12.8. The van der Waals surface area contributed by atoms with Gasteiger partial charge in [0.05, 0.1) is 16.7 Å². The summed E-state index contributed by atoms with van der Waals surface area (Å²) >= 11 is 0. The Labute approximate surface area is 191 Å². The molecule has 2 aromatic carbocycles. The van der Waals surface area contributed by atoms with E-state index in [2.05, 4.69) is 9.88 Å². The lowest BCUT2D eigenvalue weighted by Crippen LogP contribution is -2.42. The van der Waals surface area contributed by atoms with E-state index < -0.39 is 22.0 Å². The fraction of sp³-hybridized carbons (Fsp3) is 0.480. The third kappa shape index (κ3) is 6.89. The highest BCUT2D eigenvalue weighted by molar-refractivity contribution is 7.89. The van der Waals surface area contributed by atoms with E-state index >= 15 is 0 Å². The average Bonchev–Trinajstić information content (AvgIpc) is 2.80. The van der Waals surface area contributed by atoms with Gasteiger partial charge < -0.3 is 9.94 Å². The van der Waals surface area contributed by atoms with E-state index in [1.54, 1.807) is 31.2 Å². The zero-order chi connectivity index (χ0) is 23.0. The van der Waals surface area contributed by atoms with Crippen LogP contribution in [0.2, 0.25) is 0 Å². The van der Waals surface area contributed by atoms with E-state index in [9.17, 15) is 13.5 Å². The van der Waals surface area contributed by atoms with E-state index in [1.807, 2.05) is 37.3 Å². The fourth-order valence-corrected chi connectivity index (χ4v) is 5.23. The van der Waals surface area contributed by atoms with Crippen molar-refractivity contribution in [2.24, 2.45) is 17.0 Å². The first kappa shape index (κ1) is 24.4. The molecule has 0 radical (unpaired) electrons. The van der Waals surface area contributed by atoms with Gasteiger partial charge in [0.15, 0.2) is 0 Å². The summed E-state index contributed by atoms with van der Waals surface area (Å²) < 4.78 is 28.3. The second-order valence-electron chi connectivity index (χ2n) is 8.65. The van der Waals surface area contributed by atoms with Crippen molar-refractivity contribution in [3.63, 3.8) is 0 Å². The minimum Gasteiger partial charge on any atom is -0.392 e. The number of benzene rings is 2. The molecule has 0 bridgehead atoms. The summed E-state index contributed by atoms with van der Waals surface area (Å²) in [6, 6.07) is 16.4. The van der Waals surface area contributed by atoms with Gasteiger partial charge in [0.25, 0.3) is 0 Å². The number of nitrogens with one attached hydrogen (secondary N) is 1. The Bertz CT molecular complexity index is 969. The molecule has 3 rings (SSSR count). The lowest BCUT2D eigenvalue weighted by Gasteiger charge is -2.32. The molecule has 174 valence electrons. The van der Waals surface area contributed by atoms with Crippen LogP contribution in [0.15, 0.2) is 64.6 Å². The topological polar surface area (TPSA) is 88.0 Å². The van der Waals surface area contributed by atoms with Crippen molar-refractivity contribution in [3.8, 4) is 0 Å². The summed E-state index contributed by atoms with van der Waals surface area (Å²) in [5, 5.41) is 15.4. The van der Waals surface area contributed by atoms with Gasteiger partial charge in [0.1, 0.15) is 6.61 Å². The molecule has 2 N–H and O–H groups in total. The van der Waals surface area contributed by atoms with Crippen LogP contribution < -0.4 is 4.72 Å². The zero-order valence-corrected chi connectivity index (χ0v) is 19.7. The molecular weight excluding hydrogens is 424 g/mol. The molecule has 0 aromatic heterocycles. The van der Waals surface area contributed by atoms with E-state index in [1.165, 1.54) is 6.42 Å². The number of hydrogen-bond donors (Lipinski definition) is 2. The molecule has 1 fully saturated rings. The second-order valence-corrected chi connectivity index (χ2v) is 10.4. The molecule has 6 nitrogen and oxygen atoms in total. The molecular formula is C25H34N2O4S. The maximum Gasteiger partial charge on any atom is 0.240 e. The van der Waals surface area contributed by atoms with Crippen molar-refractivity contribution in [1.29, 1.82) is 0 Å². The van der Waals surface area contributed by atoms with Crippen LogP contribution >= 0.6 is 0 Å². The Morgan fingerprint density at radius 3 is 2.41 bits per heavy atom. The van der Waals surface area contributed by atoms with Gasteiger partial charge in [-0.3, -0.25) is 0 Å². The Balaban J connectivity index is 1.72. The van der Waals surface area contributed by atoms with E-state index in [0.717, 1.165) is 36.8 Å². The molecule has 0 saturated heterocycles. The molecule has 0 amide bonds. The lowest BCUT2D eigenvalue weighted by molar-refractivity contribution is 0.0542. The first-order valence-electron chi connectivity index (χ1n) is 11.3. The number of nitrogens with zero attached hydrogens (tertiary/aromatic N) is 1. The molecule has 0 unspecified atom stereocenters. The number of oxime groups is 1. The van der Waals surface area contributed by atoms with Crippen LogP contribution in [0.25, 0.3) is 0 Å². The average molecular weight is 459 g/mol. The van der Waals surface area contributed by atoms with E-state index in [-0.39, 0.29) is 17.4 Å². The van der Waals surface area contributed by atoms with Gasteiger partial charge in [-0.15, -0.1) is 0 Å². The molecule has 0 spiro atoms. The summed E-state index contributed by atoms with van der Waals surface area (Å²) in [5.74, 6) is -0.328. The molecule has 0 aliphatic heterocycles. The Hall–Kier alpha value is -2.22. The minimum atomic E-state index is -3.69. The summed E-state index contributed by atoms with van der Waals surface area (Å²) in [4.78, 5) is 5.74.